The van der Waals surface area contributed by atoms with E-state index in [0.29, 0.717) is 20.9 Å². The monoisotopic (exact) mass is 501 g/mol. The maximum atomic E-state index is 6.59. The van der Waals surface area contributed by atoms with Crippen LogP contribution in [0.25, 0.3) is 28.5 Å². The molecule has 1 unspecified atom stereocenters. The fourth-order valence-corrected chi connectivity index (χ4v) is 4.43. The fraction of sp³-hybridized carbons (Fsp3) is 0.320. The number of aromatic nitrogens is 5. The Labute approximate surface area is 209 Å². The fourth-order valence-electron chi connectivity index (χ4n) is 3.82. The molecule has 0 bridgehead atoms. The first-order valence-corrected chi connectivity index (χ1v) is 12.1. The van der Waals surface area contributed by atoms with Crippen LogP contribution in [0.1, 0.15) is 57.5 Å². The van der Waals surface area contributed by atoms with E-state index in [2.05, 4.69) is 27.7 Å². The number of benzene rings is 2. The van der Waals surface area contributed by atoms with Crippen LogP contribution in [0.2, 0.25) is 15.1 Å². The molecular weight excluding hydrogens is 477 g/mol. The van der Waals surface area contributed by atoms with Crippen molar-refractivity contribution in [3.8, 4) is 28.5 Å². The number of nitrogens with zero attached hydrogens (tertiary/aromatic N) is 5. The van der Waals surface area contributed by atoms with Gasteiger partial charge in [0.2, 0.25) is 5.82 Å². The molecule has 0 saturated heterocycles. The van der Waals surface area contributed by atoms with Crippen LogP contribution in [0.3, 0.4) is 0 Å². The molecule has 2 heterocycles. The summed E-state index contributed by atoms with van der Waals surface area (Å²) in [5, 5.41) is 11.6. The van der Waals surface area contributed by atoms with Gasteiger partial charge in [-0.15, -0.1) is 5.10 Å². The second-order valence-electron chi connectivity index (χ2n) is 8.48. The van der Waals surface area contributed by atoms with Crippen LogP contribution in [-0.4, -0.2) is 24.5 Å². The summed E-state index contributed by atoms with van der Waals surface area (Å²) in [5.74, 6) is 1.86. The predicted molar refractivity (Wildman–Crippen MR) is 137 cm³/mol. The Morgan fingerprint density at radius 1 is 0.909 bits per heavy atom. The second kappa shape index (κ2) is 9.49. The van der Waals surface area contributed by atoms with Crippen LogP contribution >= 0.6 is 34.8 Å². The van der Waals surface area contributed by atoms with Crippen molar-refractivity contribution in [1.29, 1.82) is 0 Å². The van der Waals surface area contributed by atoms with Crippen molar-refractivity contribution in [3.05, 3.63) is 68.9 Å². The minimum Gasteiger partial charge on any atom is -0.247 e. The van der Waals surface area contributed by atoms with Crippen molar-refractivity contribution >= 4 is 34.8 Å². The predicted octanol–water partition coefficient (Wildman–Crippen LogP) is 8.16. The molecule has 4 rings (SSSR count). The van der Waals surface area contributed by atoms with Gasteiger partial charge in [-0.25, -0.2) is 14.3 Å². The lowest BCUT2D eigenvalue weighted by Crippen LogP contribution is -2.10. The summed E-state index contributed by atoms with van der Waals surface area (Å²) in [7, 11) is 0. The molecule has 0 saturated carbocycles. The summed E-state index contributed by atoms with van der Waals surface area (Å²) >= 11 is 18.9. The van der Waals surface area contributed by atoms with Crippen LogP contribution in [0.4, 0.5) is 0 Å². The van der Waals surface area contributed by atoms with Crippen molar-refractivity contribution in [2.45, 2.75) is 53.0 Å². The van der Waals surface area contributed by atoms with Gasteiger partial charge in [0, 0.05) is 33.1 Å². The molecule has 0 aliphatic heterocycles. The summed E-state index contributed by atoms with van der Waals surface area (Å²) in [6.45, 7) is 10.6. The lowest BCUT2D eigenvalue weighted by molar-refractivity contribution is 0.482. The quantitative estimate of drug-likeness (QED) is 0.267. The van der Waals surface area contributed by atoms with Crippen LogP contribution < -0.4 is 0 Å². The highest BCUT2D eigenvalue weighted by molar-refractivity contribution is 6.35. The van der Waals surface area contributed by atoms with E-state index < -0.39 is 0 Å². The van der Waals surface area contributed by atoms with Crippen molar-refractivity contribution in [3.63, 3.8) is 0 Å². The minimum atomic E-state index is 0.194. The van der Waals surface area contributed by atoms with Gasteiger partial charge in [0.25, 0.3) is 0 Å². The lowest BCUT2D eigenvalue weighted by Gasteiger charge is -2.12. The maximum absolute atomic E-state index is 6.59. The Balaban J connectivity index is 1.97. The zero-order valence-corrected chi connectivity index (χ0v) is 21.5. The third-order valence-electron chi connectivity index (χ3n) is 5.79. The highest BCUT2D eigenvalue weighted by atomic mass is 35.5. The third-order valence-corrected chi connectivity index (χ3v) is 6.58. The van der Waals surface area contributed by atoms with E-state index in [1.807, 2.05) is 46.6 Å². The number of rotatable bonds is 6. The molecule has 0 radical (unpaired) electrons. The Bertz CT molecular complexity index is 1290. The Kier molecular flexibility index (Phi) is 6.85. The largest absolute Gasteiger partial charge is 0.247 e. The highest BCUT2D eigenvalue weighted by Crippen LogP contribution is 2.36. The van der Waals surface area contributed by atoms with Gasteiger partial charge >= 0.3 is 0 Å². The van der Waals surface area contributed by atoms with E-state index in [0.717, 1.165) is 40.4 Å². The van der Waals surface area contributed by atoms with Gasteiger partial charge in [-0.05, 0) is 57.5 Å². The highest BCUT2D eigenvalue weighted by Gasteiger charge is 2.25. The molecule has 0 aliphatic carbocycles. The molecule has 0 N–H and O–H groups in total. The van der Waals surface area contributed by atoms with Crippen LogP contribution in [-0.2, 0) is 0 Å². The van der Waals surface area contributed by atoms with Gasteiger partial charge in [0.05, 0.1) is 16.4 Å². The van der Waals surface area contributed by atoms with Gasteiger partial charge in [0.15, 0.2) is 0 Å². The van der Waals surface area contributed by atoms with E-state index in [9.17, 15) is 0 Å². The summed E-state index contributed by atoms with van der Waals surface area (Å²) < 4.78 is 3.84. The molecule has 1 atom stereocenters. The zero-order valence-electron chi connectivity index (χ0n) is 19.3. The number of hydrogen-bond donors (Lipinski definition) is 0. The van der Waals surface area contributed by atoms with Crippen molar-refractivity contribution in [2.75, 3.05) is 0 Å². The van der Waals surface area contributed by atoms with Crippen molar-refractivity contribution in [1.82, 2.24) is 24.5 Å². The zero-order chi connectivity index (χ0) is 23.9. The first kappa shape index (κ1) is 23.8. The Hall–Kier alpha value is -2.34. The number of hydrogen-bond acceptors (Lipinski definition) is 3. The van der Waals surface area contributed by atoms with Gasteiger partial charge in [-0.1, -0.05) is 60.8 Å². The van der Waals surface area contributed by atoms with Gasteiger partial charge < -0.3 is 0 Å². The lowest BCUT2D eigenvalue weighted by atomic mass is 10.1. The SMILES string of the molecule is CCC(C)c1nc(-c2nn(-c3ccc(Cl)cc3Cl)c(-c3ccc(Cl)cc3)c2C)nn1C(C)C. The van der Waals surface area contributed by atoms with Gasteiger partial charge in [-0.3, -0.25) is 0 Å². The third kappa shape index (κ3) is 4.54. The van der Waals surface area contributed by atoms with Crippen molar-refractivity contribution in [2.24, 2.45) is 0 Å². The second-order valence-corrected chi connectivity index (χ2v) is 9.76. The molecule has 8 heteroatoms. The average Bonchev–Trinajstić information content (AvgIpc) is 3.36. The normalized spacial score (nSPS) is 12.5. The topological polar surface area (TPSA) is 48.5 Å². The molecule has 0 spiro atoms. The minimum absolute atomic E-state index is 0.194. The molecule has 4 aromatic rings. The Morgan fingerprint density at radius 3 is 2.18 bits per heavy atom. The number of halogens is 3. The smallest absolute Gasteiger partial charge is 0.202 e. The molecule has 172 valence electrons. The average molecular weight is 503 g/mol. The van der Waals surface area contributed by atoms with E-state index >= 15 is 0 Å². The summed E-state index contributed by atoms with van der Waals surface area (Å²) in [6, 6.07) is 13.3. The summed E-state index contributed by atoms with van der Waals surface area (Å²) in [5.41, 5.74) is 4.27. The molecule has 2 aromatic carbocycles. The van der Waals surface area contributed by atoms with E-state index in [1.165, 1.54) is 0 Å². The van der Waals surface area contributed by atoms with E-state index in [4.69, 9.17) is 50.0 Å². The van der Waals surface area contributed by atoms with Gasteiger partial charge in [0.1, 0.15) is 11.5 Å². The molecule has 5 nitrogen and oxygen atoms in total. The van der Waals surface area contributed by atoms with E-state index in [1.54, 1.807) is 12.1 Å². The van der Waals surface area contributed by atoms with Crippen LogP contribution in [0.15, 0.2) is 42.5 Å². The molecule has 0 aliphatic rings. The van der Waals surface area contributed by atoms with Crippen molar-refractivity contribution < 1.29 is 0 Å². The van der Waals surface area contributed by atoms with Gasteiger partial charge in [-0.2, -0.15) is 5.10 Å². The molecule has 2 aromatic heterocycles. The summed E-state index contributed by atoms with van der Waals surface area (Å²) in [6.07, 6.45) is 0.981. The van der Waals surface area contributed by atoms with Crippen LogP contribution in [0, 0.1) is 6.92 Å². The molecular formula is C25H26Cl3N5. The van der Waals surface area contributed by atoms with E-state index in [-0.39, 0.29) is 12.0 Å². The molecule has 0 fully saturated rings. The Morgan fingerprint density at radius 2 is 1.58 bits per heavy atom. The first-order chi connectivity index (χ1) is 15.7. The first-order valence-electron chi connectivity index (χ1n) is 11.0. The molecule has 33 heavy (non-hydrogen) atoms. The standard InChI is InChI=1S/C25H26Cl3N5/c1-6-15(4)25-29-24(31-32(25)14(2)3)22-16(5)23(17-7-9-18(26)10-8-17)33(30-22)21-12-11-19(27)13-20(21)28/h7-15H,6H2,1-5H3. The maximum Gasteiger partial charge on any atom is 0.202 e. The molecule has 0 amide bonds. The van der Waals surface area contributed by atoms with Crippen LogP contribution in [0.5, 0.6) is 0 Å². The summed E-state index contributed by atoms with van der Waals surface area (Å²) in [4.78, 5) is 4.93.